The van der Waals surface area contributed by atoms with E-state index in [0.29, 0.717) is 18.8 Å². The average molecular weight is 411 g/mol. The highest BCUT2D eigenvalue weighted by molar-refractivity contribution is 7.89. The molecule has 1 aromatic rings. The number of methoxy groups -OCH3 is 1. The molecule has 1 amide bonds. The van der Waals surface area contributed by atoms with Crippen LogP contribution < -0.4 is 14.8 Å². The quantitative estimate of drug-likeness (QED) is 0.684. The van der Waals surface area contributed by atoms with E-state index in [0.717, 1.165) is 45.1 Å². The fraction of sp³-hybridized carbons (Fsp3) is 0.650. The Labute approximate surface area is 167 Å². The first kappa shape index (κ1) is 21.1. The van der Waals surface area contributed by atoms with Crippen molar-refractivity contribution in [1.82, 2.24) is 10.0 Å². The monoisotopic (exact) mass is 410 g/mol. The van der Waals surface area contributed by atoms with Crippen molar-refractivity contribution < 1.29 is 22.7 Å². The van der Waals surface area contributed by atoms with Crippen molar-refractivity contribution in [3.63, 3.8) is 0 Å². The maximum absolute atomic E-state index is 12.4. The Morgan fingerprint density at radius 2 is 1.82 bits per heavy atom. The molecular weight excluding hydrogens is 380 g/mol. The van der Waals surface area contributed by atoms with E-state index >= 15 is 0 Å². The predicted octanol–water partition coefficient (Wildman–Crippen LogP) is 2.08. The molecule has 0 radical (unpaired) electrons. The lowest BCUT2D eigenvalue weighted by molar-refractivity contribution is -0.126. The maximum atomic E-state index is 12.4. The third-order valence-corrected chi connectivity index (χ3v) is 7.12. The van der Waals surface area contributed by atoms with Gasteiger partial charge >= 0.3 is 0 Å². The highest BCUT2D eigenvalue weighted by atomic mass is 32.2. The van der Waals surface area contributed by atoms with Crippen LogP contribution in [0.3, 0.4) is 0 Å². The molecule has 0 spiro atoms. The van der Waals surface area contributed by atoms with E-state index in [1.807, 2.05) is 0 Å². The van der Waals surface area contributed by atoms with Crippen molar-refractivity contribution in [1.29, 1.82) is 0 Å². The molecular formula is C20H30N2O5S. The Hall–Kier alpha value is -1.64. The SMILES string of the molecule is COc1ccc(S(=O)(=O)NCC2CCC(C(=O)NC[C@@H]3CCCO3)CC2)cc1. The second-order valence-electron chi connectivity index (χ2n) is 7.63. The number of nitrogens with one attached hydrogen (secondary N) is 2. The third kappa shape index (κ3) is 5.68. The number of benzene rings is 1. The van der Waals surface area contributed by atoms with Crippen LogP contribution in [0, 0.1) is 11.8 Å². The van der Waals surface area contributed by atoms with Gasteiger partial charge < -0.3 is 14.8 Å². The number of amides is 1. The Kier molecular flexibility index (Phi) is 7.31. The Balaban J connectivity index is 1.40. The highest BCUT2D eigenvalue weighted by Crippen LogP contribution is 2.29. The number of sulfonamides is 1. The molecule has 0 aromatic heterocycles. The summed E-state index contributed by atoms with van der Waals surface area (Å²) in [6.07, 6.45) is 5.54. The van der Waals surface area contributed by atoms with E-state index in [9.17, 15) is 13.2 Å². The molecule has 7 nitrogen and oxygen atoms in total. The molecule has 1 aromatic carbocycles. The van der Waals surface area contributed by atoms with Crippen molar-refractivity contribution in [2.24, 2.45) is 11.8 Å². The van der Waals surface area contributed by atoms with Crippen LogP contribution in [0.1, 0.15) is 38.5 Å². The minimum Gasteiger partial charge on any atom is -0.497 e. The smallest absolute Gasteiger partial charge is 0.240 e. The van der Waals surface area contributed by atoms with Crippen LogP contribution in [0.2, 0.25) is 0 Å². The molecule has 3 rings (SSSR count). The molecule has 0 unspecified atom stereocenters. The van der Waals surface area contributed by atoms with Crippen LogP contribution >= 0.6 is 0 Å². The van der Waals surface area contributed by atoms with Gasteiger partial charge in [0.05, 0.1) is 18.1 Å². The van der Waals surface area contributed by atoms with Gasteiger partial charge in [-0.25, -0.2) is 13.1 Å². The van der Waals surface area contributed by atoms with Gasteiger partial charge in [0, 0.05) is 25.6 Å². The third-order valence-electron chi connectivity index (χ3n) is 5.68. The summed E-state index contributed by atoms with van der Waals surface area (Å²) in [6, 6.07) is 6.34. The number of rotatable bonds is 8. The van der Waals surface area contributed by atoms with Crippen LogP contribution in [-0.2, 0) is 19.6 Å². The first-order valence-electron chi connectivity index (χ1n) is 10.0. The molecule has 156 valence electrons. The Morgan fingerprint density at radius 3 is 2.43 bits per heavy atom. The summed E-state index contributed by atoms with van der Waals surface area (Å²) in [4.78, 5) is 12.6. The van der Waals surface area contributed by atoms with Crippen molar-refractivity contribution in [2.45, 2.75) is 49.5 Å². The van der Waals surface area contributed by atoms with E-state index in [-0.39, 0.29) is 28.7 Å². The van der Waals surface area contributed by atoms with E-state index < -0.39 is 10.0 Å². The summed E-state index contributed by atoms with van der Waals surface area (Å²) in [7, 11) is -1.99. The zero-order valence-corrected chi connectivity index (χ0v) is 17.2. The molecule has 1 aliphatic heterocycles. The van der Waals surface area contributed by atoms with Crippen LogP contribution in [0.4, 0.5) is 0 Å². The van der Waals surface area contributed by atoms with Gasteiger partial charge in [-0.05, 0) is 68.7 Å². The van der Waals surface area contributed by atoms with E-state index in [2.05, 4.69) is 10.0 Å². The molecule has 2 fully saturated rings. The van der Waals surface area contributed by atoms with Crippen LogP contribution in [0.25, 0.3) is 0 Å². The van der Waals surface area contributed by atoms with Gasteiger partial charge in [0.15, 0.2) is 0 Å². The average Bonchev–Trinajstić information content (AvgIpc) is 3.24. The standard InChI is InChI=1S/C20H30N2O5S/c1-26-17-8-10-19(11-9-17)28(24,25)22-13-15-4-6-16(7-5-15)20(23)21-14-18-3-2-12-27-18/h8-11,15-16,18,22H,2-7,12-14H2,1H3,(H,21,23)/t15?,16?,18-/m0/s1. The molecule has 1 saturated carbocycles. The molecule has 1 aliphatic carbocycles. The fourth-order valence-corrected chi connectivity index (χ4v) is 4.97. The van der Waals surface area contributed by atoms with Crippen molar-refractivity contribution in [3.05, 3.63) is 24.3 Å². The van der Waals surface area contributed by atoms with Gasteiger partial charge in [-0.2, -0.15) is 0 Å². The first-order valence-corrected chi connectivity index (χ1v) is 11.5. The zero-order chi connectivity index (χ0) is 20.0. The second kappa shape index (κ2) is 9.71. The molecule has 1 heterocycles. The molecule has 2 N–H and O–H groups in total. The fourth-order valence-electron chi connectivity index (χ4n) is 3.86. The minimum atomic E-state index is -3.53. The topological polar surface area (TPSA) is 93.7 Å². The summed E-state index contributed by atoms with van der Waals surface area (Å²) in [5.41, 5.74) is 0. The van der Waals surface area contributed by atoms with Crippen molar-refractivity contribution in [3.8, 4) is 5.75 Å². The van der Waals surface area contributed by atoms with Crippen molar-refractivity contribution in [2.75, 3.05) is 26.8 Å². The van der Waals surface area contributed by atoms with Gasteiger partial charge in [0.2, 0.25) is 15.9 Å². The number of hydrogen-bond acceptors (Lipinski definition) is 5. The van der Waals surface area contributed by atoms with Gasteiger partial charge in [0.1, 0.15) is 5.75 Å². The van der Waals surface area contributed by atoms with Crippen molar-refractivity contribution >= 4 is 15.9 Å². The molecule has 8 heteroatoms. The molecule has 1 saturated heterocycles. The van der Waals surface area contributed by atoms with Gasteiger partial charge in [-0.3, -0.25) is 4.79 Å². The summed E-state index contributed by atoms with van der Waals surface area (Å²) < 4.78 is 38.2. The molecule has 2 aliphatic rings. The van der Waals surface area contributed by atoms with Crippen LogP contribution in [-0.4, -0.2) is 47.2 Å². The summed E-state index contributed by atoms with van der Waals surface area (Å²) in [6.45, 7) is 1.79. The largest absolute Gasteiger partial charge is 0.497 e. The molecule has 1 atom stereocenters. The normalized spacial score (nSPS) is 25.4. The first-order chi connectivity index (χ1) is 13.5. The minimum absolute atomic E-state index is 0.0239. The molecule has 28 heavy (non-hydrogen) atoms. The van der Waals surface area contributed by atoms with E-state index in [1.165, 1.54) is 12.1 Å². The Morgan fingerprint density at radius 1 is 1.11 bits per heavy atom. The summed E-state index contributed by atoms with van der Waals surface area (Å²) in [5.74, 6) is 1.01. The lowest BCUT2D eigenvalue weighted by atomic mass is 9.81. The lowest BCUT2D eigenvalue weighted by Crippen LogP contribution is -2.38. The van der Waals surface area contributed by atoms with Gasteiger partial charge in [0.25, 0.3) is 0 Å². The number of hydrogen-bond donors (Lipinski definition) is 2. The predicted molar refractivity (Wildman–Crippen MR) is 106 cm³/mol. The number of carbonyl (C=O) groups is 1. The highest BCUT2D eigenvalue weighted by Gasteiger charge is 2.28. The lowest BCUT2D eigenvalue weighted by Gasteiger charge is -2.28. The molecule has 0 bridgehead atoms. The number of carbonyl (C=O) groups excluding carboxylic acids is 1. The summed E-state index contributed by atoms with van der Waals surface area (Å²) in [5, 5.41) is 3.01. The number of ether oxygens (including phenoxy) is 2. The summed E-state index contributed by atoms with van der Waals surface area (Å²) >= 11 is 0. The van der Waals surface area contributed by atoms with E-state index in [4.69, 9.17) is 9.47 Å². The van der Waals surface area contributed by atoms with Gasteiger partial charge in [-0.1, -0.05) is 0 Å². The van der Waals surface area contributed by atoms with Gasteiger partial charge in [-0.15, -0.1) is 0 Å². The zero-order valence-electron chi connectivity index (χ0n) is 16.4. The second-order valence-corrected chi connectivity index (χ2v) is 9.39. The maximum Gasteiger partial charge on any atom is 0.240 e. The Bertz CT molecular complexity index is 736. The van der Waals surface area contributed by atoms with E-state index in [1.54, 1.807) is 19.2 Å². The van der Waals surface area contributed by atoms with Crippen LogP contribution in [0.15, 0.2) is 29.2 Å². The van der Waals surface area contributed by atoms with Crippen LogP contribution in [0.5, 0.6) is 5.75 Å².